The largest absolute Gasteiger partial charge is 0.416 e. The fourth-order valence-electron chi connectivity index (χ4n) is 2.81. The maximum Gasteiger partial charge on any atom is 0.416 e. The Hall–Kier alpha value is -1.07. The van der Waals surface area contributed by atoms with Crippen LogP contribution in [0.15, 0.2) is 24.3 Å². The van der Waals surface area contributed by atoms with Gasteiger partial charge < -0.3 is 5.73 Å². The minimum atomic E-state index is -4.28. The fourth-order valence-corrected chi connectivity index (χ4v) is 2.81. The van der Waals surface area contributed by atoms with Crippen molar-refractivity contribution in [1.82, 2.24) is 4.90 Å². The van der Waals surface area contributed by atoms with Gasteiger partial charge in [-0.2, -0.15) is 13.2 Å². The van der Waals surface area contributed by atoms with Gasteiger partial charge in [0, 0.05) is 12.6 Å². The molecule has 5 heteroatoms. The highest BCUT2D eigenvalue weighted by atomic mass is 19.4. The number of nitrogens with zero attached hydrogens (tertiary/aromatic N) is 1. The molecule has 0 aromatic heterocycles. The summed E-state index contributed by atoms with van der Waals surface area (Å²) in [6.07, 6.45) is -2.35. The van der Waals surface area contributed by atoms with Crippen LogP contribution in [0, 0.1) is 5.92 Å². The summed E-state index contributed by atoms with van der Waals surface area (Å²) in [5.74, 6) is 0.490. The van der Waals surface area contributed by atoms with E-state index in [1.807, 2.05) is 6.92 Å². The summed E-state index contributed by atoms with van der Waals surface area (Å²) in [7, 11) is 0. The van der Waals surface area contributed by atoms with Crippen LogP contribution in [0.4, 0.5) is 13.2 Å². The second-order valence-electron chi connectivity index (χ2n) is 5.63. The van der Waals surface area contributed by atoms with Gasteiger partial charge in [0.2, 0.25) is 0 Å². The van der Waals surface area contributed by atoms with Gasteiger partial charge in [0.1, 0.15) is 0 Å². The zero-order valence-electron chi connectivity index (χ0n) is 11.7. The molecule has 1 atom stereocenters. The van der Waals surface area contributed by atoms with E-state index in [0.717, 1.165) is 32.0 Å². The van der Waals surface area contributed by atoms with Crippen molar-refractivity contribution in [3.8, 4) is 0 Å². The van der Waals surface area contributed by atoms with Gasteiger partial charge in [0.15, 0.2) is 0 Å². The van der Waals surface area contributed by atoms with Crippen molar-refractivity contribution in [2.45, 2.75) is 38.5 Å². The van der Waals surface area contributed by atoms with Crippen LogP contribution in [0.2, 0.25) is 0 Å². The molecule has 0 spiro atoms. The summed E-state index contributed by atoms with van der Waals surface area (Å²) in [5, 5.41) is 0. The molecule has 2 nitrogen and oxygen atoms in total. The molecule has 1 aliphatic heterocycles. The van der Waals surface area contributed by atoms with E-state index in [0.29, 0.717) is 18.0 Å². The first-order chi connectivity index (χ1) is 9.38. The van der Waals surface area contributed by atoms with Crippen molar-refractivity contribution in [2.24, 2.45) is 11.7 Å². The molecule has 2 rings (SSSR count). The van der Waals surface area contributed by atoms with Crippen molar-refractivity contribution >= 4 is 0 Å². The third-order valence-corrected chi connectivity index (χ3v) is 4.09. The van der Waals surface area contributed by atoms with E-state index < -0.39 is 11.7 Å². The number of hydrogen-bond donors (Lipinski definition) is 1. The van der Waals surface area contributed by atoms with Crippen LogP contribution in [-0.4, -0.2) is 24.0 Å². The molecule has 0 amide bonds. The highest BCUT2D eigenvalue weighted by Gasteiger charge is 2.33. The Morgan fingerprint density at radius 2 is 1.85 bits per heavy atom. The van der Waals surface area contributed by atoms with Gasteiger partial charge in [-0.3, -0.25) is 4.90 Å². The first-order valence-electron chi connectivity index (χ1n) is 7.01. The Morgan fingerprint density at radius 1 is 1.25 bits per heavy atom. The fraction of sp³-hybridized carbons (Fsp3) is 0.600. The number of hydrogen-bond acceptors (Lipinski definition) is 2. The third kappa shape index (κ3) is 3.73. The van der Waals surface area contributed by atoms with E-state index in [2.05, 4.69) is 4.90 Å². The van der Waals surface area contributed by atoms with Crippen LogP contribution in [0.5, 0.6) is 0 Å². The van der Waals surface area contributed by atoms with Crippen molar-refractivity contribution in [3.05, 3.63) is 35.4 Å². The third-order valence-electron chi connectivity index (χ3n) is 4.09. The number of piperidine rings is 1. The van der Waals surface area contributed by atoms with E-state index >= 15 is 0 Å². The van der Waals surface area contributed by atoms with Gasteiger partial charge in [-0.1, -0.05) is 18.2 Å². The molecule has 2 N–H and O–H groups in total. The lowest BCUT2D eigenvalue weighted by Gasteiger charge is -2.34. The first kappa shape index (κ1) is 15.3. The summed E-state index contributed by atoms with van der Waals surface area (Å²) in [4.78, 5) is 2.09. The van der Waals surface area contributed by atoms with Crippen LogP contribution in [0.3, 0.4) is 0 Å². The van der Waals surface area contributed by atoms with Crippen molar-refractivity contribution in [2.75, 3.05) is 13.1 Å². The molecule has 0 radical (unpaired) electrons. The molecule has 20 heavy (non-hydrogen) atoms. The predicted octanol–water partition coefficient (Wildman–Crippen LogP) is 3.26. The molecule has 1 unspecified atom stereocenters. The van der Waals surface area contributed by atoms with Crippen LogP contribution in [-0.2, 0) is 12.7 Å². The lowest BCUT2D eigenvalue weighted by atomic mass is 9.90. The van der Waals surface area contributed by atoms with E-state index in [1.165, 1.54) is 6.07 Å². The minimum Gasteiger partial charge on any atom is -0.328 e. The van der Waals surface area contributed by atoms with Gasteiger partial charge in [0.05, 0.1) is 5.56 Å². The van der Waals surface area contributed by atoms with E-state index in [4.69, 9.17) is 5.73 Å². The van der Waals surface area contributed by atoms with Crippen LogP contribution in [0.25, 0.3) is 0 Å². The summed E-state index contributed by atoms with van der Waals surface area (Å²) in [5.41, 5.74) is 5.72. The molecule has 1 fully saturated rings. The Balaban J connectivity index is 2.02. The topological polar surface area (TPSA) is 29.3 Å². The summed E-state index contributed by atoms with van der Waals surface area (Å²) >= 11 is 0. The number of halogens is 3. The van der Waals surface area contributed by atoms with E-state index in [1.54, 1.807) is 12.1 Å². The average Bonchev–Trinajstić information content (AvgIpc) is 2.38. The molecule has 0 saturated carbocycles. The number of likely N-dealkylation sites (tertiary alicyclic amines) is 1. The monoisotopic (exact) mass is 286 g/mol. The lowest BCUT2D eigenvalue weighted by molar-refractivity contribution is -0.138. The average molecular weight is 286 g/mol. The quantitative estimate of drug-likeness (QED) is 0.924. The van der Waals surface area contributed by atoms with Gasteiger partial charge >= 0.3 is 6.18 Å². The molecule has 0 bridgehead atoms. The number of nitrogens with two attached hydrogens (primary N) is 1. The zero-order chi connectivity index (χ0) is 14.8. The molecule has 0 aliphatic carbocycles. The van der Waals surface area contributed by atoms with Crippen molar-refractivity contribution in [1.29, 1.82) is 0 Å². The van der Waals surface area contributed by atoms with Gasteiger partial charge in [-0.15, -0.1) is 0 Å². The Morgan fingerprint density at radius 3 is 2.40 bits per heavy atom. The Labute approximate surface area is 117 Å². The van der Waals surface area contributed by atoms with Gasteiger partial charge in [0.25, 0.3) is 0 Å². The number of benzene rings is 1. The van der Waals surface area contributed by atoms with Gasteiger partial charge in [-0.25, -0.2) is 0 Å². The smallest absolute Gasteiger partial charge is 0.328 e. The normalized spacial score (nSPS) is 20.1. The van der Waals surface area contributed by atoms with Crippen LogP contribution < -0.4 is 5.73 Å². The van der Waals surface area contributed by atoms with Crippen LogP contribution in [0.1, 0.15) is 30.9 Å². The molecular formula is C15H21F3N2. The SMILES string of the molecule is CC(N)C1CCN(Cc2ccccc2C(F)(F)F)CC1. The molecule has 1 aromatic carbocycles. The predicted molar refractivity (Wildman–Crippen MR) is 73.1 cm³/mol. The summed E-state index contributed by atoms with van der Waals surface area (Å²) < 4.78 is 38.8. The molecule has 1 heterocycles. The van der Waals surface area contributed by atoms with Crippen molar-refractivity contribution < 1.29 is 13.2 Å². The van der Waals surface area contributed by atoms with Crippen LogP contribution >= 0.6 is 0 Å². The molecule has 1 aliphatic rings. The highest BCUT2D eigenvalue weighted by molar-refractivity contribution is 5.29. The molecule has 112 valence electrons. The number of alkyl halides is 3. The van der Waals surface area contributed by atoms with Crippen molar-refractivity contribution in [3.63, 3.8) is 0 Å². The first-order valence-corrected chi connectivity index (χ1v) is 7.01. The van der Waals surface area contributed by atoms with Gasteiger partial charge in [-0.05, 0) is 50.4 Å². The van der Waals surface area contributed by atoms with E-state index in [-0.39, 0.29) is 6.04 Å². The maximum absolute atomic E-state index is 12.9. The second-order valence-corrected chi connectivity index (χ2v) is 5.63. The lowest BCUT2D eigenvalue weighted by Crippen LogP contribution is -2.39. The maximum atomic E-state index is 12.9. The van der Waals surface area contributed by atoms with E-state index in [9.17, 15) is 13.2 Å². The standard InChI is InChI=1S/C15H21F3N2/c1-11(19)12-6-8-20(9-7-12)10-13-4-2-3-5-14(13)15(16,17)18/h2-5,11-12H,6-10,19H2,1H3. The molecule has 1 saturated heterocycles. The molecule has 1 aromatic rings. The Kier molecular flexibility index (Phi) is 4.70. The second kappa shape index (κ2) is 6.14. The Bertz CT molecular complexity index is 435. The summed E-state index contributed by atoms with van der Waals surface area (Å²) in [6, 6.07) is 6.00. The highest BCUT2D eigenvalue weighted by Crippen LogP contribution is 2.33. The number of rotatable bonds is 3. The minimum absolute atomic E-state index is 0.166. The molecular weight excluding hydrogens is 265 g/mol. The zero-order valence-corrected chi connectivity index (χ0v) is 11.7. The summed E-state index contributed by atoms with van der Waals surface area (Å²) in [6.45, 7) is 4.00.